The summed E-state index contributed by atoms with van der Waals surface area (Å²) in [6.07, 6.45) is 0. The molecule has 0 spiro atoms. The van der Waals surface area contributed by atoms with Gasteiger partial charge in [0.25, 0.3) is 0 Å². The molecule has 3 nitrogen and oxygen atoms in total. The summed E-state index contributed by atoms with van der Waals surface area (Å²) in [7, 11) is 1.63. The van der Waals surface area contributed by atoms with Gasteiger partial charge in [0, 0.05) is 18.7 Å². The molecule has 0 saturated heterocycles. The number of hydrogen-bond acceptors (Lipinski definition) is 3. The lowest BCUT2D eigenvalue weighted by molar-refractivity contribution is 0.204. The summed E-state index contributed by atoms with van der Waals surface area (Å²) in [5, 5.41) is 4.70. The van der Waals surface area contributed by atoms with E-state index in [0.29, 0.717) is 45.6 Å². The van der Waals surface area contributed by atoms with Crippen LogP contribution in [0, 0.1) is 0 Å². The largest absolute Gasteiger partial charge is 0.488 e. The van der Waals surface area contributed by atoms with Crippen molar-refractivity contribution >= 4 is 52.0 Å². The summed E-state index contributed by atoms with van der Waals surface area (Å²) >= 11 is 23.4. The van der Waals surface area contributed by atoms with Gasteiger partial charge >= 0.3 is 0 Å². The van der Waals surface area contributed by atoms with Crippen molar-refractivity contribution in [2.45, 2.75) is 6.61 Å². The lowest BCUT2D eigenvalue weighted by atomic mass is 10.2. The van der Waals surface area contributed by atoms with E-state index in [2.05, 4.69) is 5.32 Å². The maximum atomic E-state index is 6.08. The van der Waals surface area contributed by atoms with E-state index < -0.39 is 0 Å². The van der Waals surface area contributed by atoms with Crippen LogP contribution in [0.4, 0.5) is 0 Å². The van der Waals surface area contributed by atoms with E-state index in [1.165, 1.54) is 0 Å². The van der Waals surface area contributed by atoms with Crippen LogP contribution in [0.2, 0.25) is 15.1 Å². The van der Waals surface area contributed by atoms with Gasteiger partial charge in [0.05, 0.1) is 22.2 Å². The van der Waals surface area contributed by atoms with Crippen molar-refractivity contribution in [1.29, 1.82) is 0 Å². The maximum Gasteiger partial charge on any atom is 0.130 e. The summed E-state index contributed by atoms with van der Waals surface area (Å²) in [4.78, 5) is 0.554. The van der Waals surface area contributed by atoms with Crippen LogP contribution in [-0.2, 0) is 11.3 Å². The fourth-order valence-electron chi connectivity index (χ4n) is 1.96. The van der Waals surface area contributed by atoms with Crippen molar-refractivity contribution in [1.82, 2.24) is 5.32 Å². The zero-order chi connectivity index (χ0) is 17.5. The van der Waals surface area contributed by atoms with Gasteiger partial charge in [-0.25, -0.2) is 0 Å². The summed E-state index contributed by atoms with van der Waals surface area (Å²) in [5.74, 6) is 0.639. The van der Waals surface area contributed by atoms with Crippen molar-refractivity contribution < 1.29 is 9.47 Å². The number of rotatable bonds is 7. The highest BCUT2D eigenvalue weighted by atomic mass is 35.5. The Morgan fingerprint density at radius 1 is 1.08 bits per heavy atom. The minimum absolute atomic E-state index is 0.339. The zero-order valence-corrected chi connectivity index (χ0v) is 16.0. The highest BCUT2D eigenvalue weighted by Crippen LogP contribution is 2.26. The molecule has 24 heavy (non-hydrogen) atoms. The number of benzene rings is 2. The fourth-order valence-corrected chi connectivity index (χ4v) is 2.71. The highest BCUT2D eigenvalue weighted by molar-refractivity contribution is 7.80. The first kappa shape index (κ1) is 19.3. The summed E-state index contributed by atoms with van der Waals surface area (Å²) in [5.41, 5.74) is 1.64. The van der Waals surface area contributed by atoms with Crippen LogP contribution in [0.25, 0.3) is 0 Å². The first-order chi connectivity index (χ1) is 11.5. The normalized spacial score (nSPS) is 10.5. The minimum Gasteiger partial charge on any atom is -0.488 e. The Labute approximate surface area is 161 Å². The van der Waals surface area contributed by atoms with Gasteiger partial charge < -0.3 is 14.8 Å². The van der Waals surface area contributed by atoms with E-state index in [0.717, 1.165) is 11.1 Å². The number of halogens is 3. The average molecular weight is 405 g/mol. The lowest BCUT2D eigenvalue weighted by Crippen LogP contribution is -2.26. The molecule has 2 aromatic carbocycles. The second-order valence-corrected chi connectivity index (χ2v) is 6.59. The van der Waals surface area contributed by atoms with E-state index in [9.17, 15) is 0 Å². The molecule has 0 fully saturated rings. The number of hydrogen-bond donors (Lipinski definition) is 1. The standard InChI is InChI=1S/C17H16Cl3NO2S/c1-22-7-6-21-17(24)13-9-12(18)3-5-16(13)23-10-11-2-4-14(19)15(20)8-11/h2-5,8-9H,6-7,10H2,1H3,(H,21,24). The van der Waals surface area contributed by atoms with Crippen LogP contribution in [0.3, 0.4) is 0 Å². The van der Waals surface area contributed by atoms with E-state index in [1.54, 1.807) is 37.4 Å². The smallest absolute Gasteiger partial charge is 0.130 e. The first-order valence-corrected chi connectivity index (χ1v) is 8.69. The molecule has 0 heterocycles. The molecule has 0 aliphatic heterocycles. The molecular weight excluding hydrogens is 389 g/mol. The van der Waals surface area contributed by atoms with E-state index >= 15 is 0 Å². The third-order valence-electron chi connectivity index (χ3n) is 3.16. The Kier molecular flexibility index (Phi) is 7.59. The number of thiocarbonyl (C=S) groups is 1. The minimum atomic E-state index is 0.339. The SMILES string of the molecule is COCCNC(=S)c1cc(Cl)ccc1OCc1ccc(Cl)c(Cl)c1. The molecular formula is C17H16Cl3NO2S. The van der Waals surface area contributed by atoms with Gasteiger partial charge in [-0.05, 0) is 35.9 Å². The molecule has 0 radical (unpaired) electrons. The molecule has 0 unspecified atom stereocenters. The van der Waals surface area contributed by atoms with Crippen molar-refractivity contribution in [3.8, 4) is 5.75 Å². The van der Waals surface area contributed by atoms with Gasteiger partial charge in [-0.15, -0.1) is 0 Å². The Morgan fingerprint density at radius 3 is 2.58 bits per heavy atom. The molecule has 0 aromatic heterocycles. The quantitative estimate of drug-likeness (QED) is 0.511. The van der Waals surface area contributed by atoms with Gasteiger partial charge in [-0.2, -0.15) is 0 Å². The van der Waals surface area contributed by atoms with Crippen molar-refractivity contribution in [2.24, 2.45) is 0 Å². The Morgan fingerprint density at radius 2 is 1.88 bits per heavy atom. The summed E-state index contributed by atoms with van der Waals surface area (Å²) in [6, 6.07) is 10.7. The second-order valence-electron chi connectivity index (χ2n) is 4.93. The van der Waals surface area contributed by atoms with Crippen LogP contribution in [-0.4, -0.2) is 25.2 Å². The molecule has 128 valence electrons. The van der Waals surface area contributed by atoms with Gasteiger partial charge in [0.1, 0.15) is 17.3 Å². The Hall–Kier alpha value is -1.04. The van der Waals surface area contributed by atoms with Gasteiger partial charge in [-0.1, -0.05) is 53.1 Å². The lowest BCUT2D eigenvalue weighted by Gasteiger charge is -2.14. The molecule has 0 atom stereocenters. The zero-order valence-electron chi connectivity index (χ0n) is 12.9. The predicted octanol–water partition coefficient (Wildman–Crippen LogP) is 5.14. The van der Waals surface area contributed by atoms with Crippen molar-refractivity contribution in [3.05, 3.63) is 62.6 Å². The van der Waals surface area contributed by atoms with Gasteiger partial charge in [0.15, 0.2) is 0 Å². The second kappa shape index (κ2) is 9.44. The van der Waals surface area contributed by atoms with Crippen LogP contribution in [0.15, 0.2) is 36.4 Å². The molecule has 2 rings (SSSR count). The Bertz CT molecular complexity index is 725. The summed E-state index contributed by atoms with van der Waals surface area (Å²) in [6.45, 7) is 1.50. The average Bonchev–Trinajstić information content (AvgIpc) is 2.57. The molecule has 2 aromatic rings. The molecule has 0 amide bonds. The van der Waals surface area contributed by atoms with E-state index in [4.69, 9.17) is 56.5 Å². The molecule has 1 N–H and O–H groups in total. The Balaban J connectivity index is 2.11. The van der Waals surface area contributed by atoms with Crippen molar-refractivity contribution in [3.63, 3.8) is 0 Å². The predicted molar refractivity (Wildman–Crippen MR) is 104 cm³/mol. The molecule has 0 aliphatic carbocycles. The highest BCUT2D eigenvalue weighted by Gasteiger charge is 2.11. The summed E-state index contributed by atoms with van der Waals surface area (Å²) < 4.78 is 10.9. The topological polar surface area (TPSA) is 30.5 Å². The van der Waals surface area contributed by atoms with E-state index in [1.807, 2.05) is 6.07 Å². The third-order valence-corrected chi connectivity index (χ3v) is 4.49. The first-order valence-electron chi connectivity index (χ1n) is 7.14. The van der Waals surface area contributed by atoms with E-state index in [-0.39, 0.29) is 0 Å². The third kappa shape index (κ3) is 5.50. The van der Waals surface area contributed by atoms with Crippen LogP contribution in [0.5, 0.6) is 5.75 Å². The molecule has 7 heteroatoms. The molecule has 0 aliphatic rings. The molecule has 0 bridgehead atoms. The fraction of sp³-hybridized carbons (Fsp3) is 0.235. The number of methoxy groups -OCH3 is 1. The van der Waals surface area contributed by atoms with Crippen LogP contribution < -0.4 is 10.1 Å². The molecule has 0 saturated carbocycles. The maximum absolute atomic E-state index is 6.08. The number of nitrogens with one attached hydrogen (secondary N) is 1. The number of ether oxygens (including phenoxy) is 2. The van der Waals surface area contributed by atoms with Crippen LogP contribution >= 0.6 is 47.0 Å². The van der Waals surface area contributed by atoms with Gasteiger partial charge in [0.2, 0.25) is 0 Å². The van der Waals surface area contributed by atoms with Gasteiger partial charge in [-0.3, -0.25) is 0 Å². The van der Waals surface area contributed by atoms with Crippen molar-refractivity contribution in [2.75, 3.05) is 20.3 Å². The monoisotopic (exact) mass is 403 g/mol. The van der Waals surface area contributed by atoms with Crippen LogP contribution in [0.1, 0.15) is 11.1 Å².